The van der Waals surface area contributed by atoms with Crippen LogP contribution in [0.4, 0.5) is 5.69 Å². The summed E-state index contributed by atoms with van der Waals surface area (Å²) in [4.78, 5) is 23.8. The van der Waals surface area contributed by atoms with E-state index in [1.165, 1.54) is 6.92 Å². The number of carbonyl (C=O) groups is 2. The van der Waals surface area contributed by atoms with Gasteiger partial charge in [-0.05, 0) is 61.0 Å². The van der Waals surface area contributed by atoms with E-state index in [9.17, 15) is 9.59 Å². The van der Waals surface area contributed by atoms with Crippen molar-refractivity contribution in [2.75, 3.05) is 5.32 Å². The molecule has 0 spiro atoms. The molecule has 33 heavy (non-hydrogen) atoms. The van der Waals surface area contributed by atoms with Gasteiger partial charge in [0.25, 0.3) is 5.91 Å². The van der Waals surface area contributed by atoms with Gasteiger partial charge in [0.1, 0.15) is 18.1 Å². The van der Waals surface area contributed by atoms with Crippen LogP contribution in [0.3, 0.4) is 0 Å². The molecule has 4 aromatic rings. The lowest BCUT2D eigenvalue weighted by Gasteiger charge is -2.05. The molecule has 0 saturated heterocycles. The molecule has 2 aromatic heterocycles. The molecule has 0 atom stereocenters. The number of amides is 1. The number of hydrogen-bond donors (Lipinski definition) is 1. The van der Waals surface area contributed by atoms with E-state index >= 15 is 0 Å². The van der Waals surface area contributed by atoms with Crippen molar-refractivity contribution in [1.82, 2.24) is 9.78 Å². The molecule has 0 radical (unpaired) electrons. The summed E-state index contributed by atoms with van der Waals surface area (Å²) in [5, 5.41) is 7.96. The quantitative estimate of drug-likeness (QED) is 0.317. The van der Waals surface area contributed by atoms with Gasteiger partial charge in [0.15, 0.2) is 11.5 Å². The zero-order chi connectivity index (χ0) is 23.4. The van der Waals surface area contributed by atoms with E-state index < -0.39 is 5.91 Å². The van der Waals surface area contributed by atoms with Gasteiger partial charge < -0.3 is 14.5 Å². The lowest BCUT2D eigenvalue weighted by atomic mass is 10.1. The van der Waals surface area contributed by atoms with Gasteiger partial charge in [-0.25, -0.2) is 0 Å². The molecule has 0 aliphatic carbocycles. The Morgan fingerprint density at radius 3 is 2.58 bits per heavy atom. The highest BCUT2D eigenvalue weighted by atomic mass is 35.5. The van der Waals surface area contributed by atoms with Crippen LogP contribution in [-0.4, -0.2) is 21.5 Å². The largest absolute Gasteiger partial charge is 0.486 e. The molecule has 168 valence electrons. The molecule has 2 heterocycles. The van der Waals surface area contributed by atoms with E-state index in [4.69, 9.17) is 32.4 Å². The fraction of sp³-hybridized carbons (Fsp3) is 0.125. The Labute approximate surface area is 199 Å². The van der Waals surface area contributed by atoms with Gasteiger partial charge in [0, 0.05) is 11.8 Å². The predicted octanol–water partition coefficient (Wildman–Crippen LogP) is 5.87. The highest BCUT2D eigenvalue weighted by Crippen LogP contribution is 2.23. The molecule has 1 amide bonds. The van der Waals surface area contributed by atoms with E-state index in [-0.39, 0.29) is 18.2 Å². The summed E-state index contributed by atoms with van der Waals surface area (Å²) in [6, 6.07) is 15.4. The monoisotopic (exact) mass is 483 g/mol. The Morgan fingerprint density at radius 2 is 1.85 bits per heavy atom. The van der Waals surface area contributed by atoms with Crippen LogP contribution >= 0.6 is 23.2 Å². The molecule has 0 bridgehead atoms. The molecule has 2 aromatic carbocycles. The second kappa shape index (κ2) is 9.94. The zero-order valence-corrected chi connectivity index (χ0v) is 19.1. The number of ketones is 1. The molecule has 0 saturated carbocycles. The van der Waals surface area contributed by atoms with Crippen LogP contribution in [0, 0.1) is 0 Å². The van der Waals surface area contributed by atoms with Gasteiger partial charge in [0.05, 0.1) is 28.5 Å². The highest BCUT2D eigenvalue weighted by Gasteiger charge is 2.13. The normalized spacial score (nSPS) is 10.8. The number of ether oxygens (including phenoxy) is 1. The van der Waals surface area contributed by atoms with Crippen LogP contribution in [0.25, 0.3) is 0 Å². The van der Waals surface area contributed by atoms with Gasteiger partial charge >= 0.3 is 0 Å². The molecule has 0 unspecified atom stereocenters. The van der Waals surface area contributed by atoms with Crippen LogP contribution in [-0.2, 0) is 13.2 Å². The summed E-state index contributed by atoms with van der Waals surface area (Å²) in [5.74, 6) is 0.824. The third kappa shape index (κ3) is 5.83. The summed E-state index contributed by atoms with van der Waals surface area (Å²) < 4.78 is 12.9. The molecule has 9 heteroatoms. The second-order valence-corrected chi connectivity index (χ2v) is 8.08. The molecule has 0 fully saturated rings. The van der Waals surface area contributed by atoms with Crippen molar-refractivity contribution in [2.24, 2.45) is 0 Å². The Balaban J connectivity index is 1.32. The summed E-state index contributed by atoms with van der Waals surface area (Å²) in [7, 11) is 0. The summed E-state index contributed by atoms with van der Waals surface area (Å²) in [6.45, 7) is 2.13. The molecule has 0 aliphatic rings. The SMILES string of the molecule is CC(=O)c1ccc(OCc2ccc(C(=O)Nc3cnn(Cc4ccc(Cl)c(Cl)c4)c3)o2)cc1. The molecule has 0 aliphatic heterocycles. The maximum atomic E-state index is 12.5. The van der Waals surface area contributed by atoms with Gasteiger partial charge in [-0.1, -0.05) is 29.3 Å². The molecular weight excluding hydrogens is 465 g/mol. The minimum Gasteiger partial charge on any atom is -0.486 e. The van der Waals surface area contributed by atoms with Crippen LogP contribution < -0.4 is 10.1 Å². The van der Waals surface area contributed by atoms with E-state index in [2.05, 4.69) is 10.4 Å². The summed E-state index contributed by atoms with van der Waals surface area (Å²) >= 11 is 12.0. The number of benzene rings is 2. The van der Waals surface area contributed by atoms with Crippen LogP contribution in [0.15, 0.2) is 71.4 Å². The van der Waals surface area contributed by atoms with E-state index in [0.717, 1.165) is 5.56 Å². The Hall–Kier alpha value is -3.55. The van der Waals surface area contributed by atoms with Crippen molar-refractivity contribution >= 4 is 40.6 Å². The molecule has 7 nitrogen and oxygen atoms in total. The van der Waals surface area contributed by atoms with Gasteiger partial charge in [0.2, 0.25) is 0 Å². The number of halogens is 2. The third-order valence-corrected chi connectivity index (χ3v) is 5.49. The van der Waals surface area contributed by atoms with Gasteiger partial charge in [-0.15, -0.1) is 0 Å². The number of nitrogens with zero attached hydrogens (tertiary/aromatic N) is 2. The van der Waals surface area contributed by atoms with Crippen molar-refractivity contribution in [3.05, 3.63) is 99.7 Å². The van der Waals surface area contributed by atoms with E-state index in [1.54, 1.807) is 65.6 Å². The first-order chi connectivity index (χ1) is 15.9. The van der Waals surface area contributed by atoms with E-state index in [1.807, 2.05) is 6.07 Å². The number of anilines is 1. The Bertz CT molecular complexity index is 1300. The molecule has 1 N–H and O–H groups in total. The highest BCUT2D eigenvalue weighted by molar-refractivity contribution is 6.42. The third-order valence-electron chi connectivity index (χ3n) is 4.75. The smallest absolute Gasteiger partial charge is 0.291 e. The maximum absolute atomic E-state index is 12.5. The number of hydrogen-bond acceptors (Lipinski definition) is 5. The van der Waals surface area contributed by atoms with Crippen molar-refractivity contribution in [1.29, 1.82) is 0 Å². The Kier molecular flexibility index (Phi) is 6.82. The van der Waals surface area contributed by atoms with Crippen LogP contribution in [0.1, 0.15) is 39.2 Å². The first kappa shape index (κ1) is 22.6. The average Bonchev–Trinajstić information content (AvgIpc) is 3.45. The van der Waals surface area contributed by atoms with E-state index in [0.29, 0.717) is 39.4 Å². The number of nitrogens with one attached hydrogen (secondary N) is 1. The number of furan rings is 1. The molecule has 4 rings (SSSR count). The number of Topliss-reactive ketones (excluding diaryl/α,β-unsaturated/α-hetero) is 1. The van der Waals surface area contributed by atoms with Crippen molar-refractivity contribution in [3.63, 3.8) is 0 Å². The van der Waals surface area contributed by atoms with Gasteiger partial charge in [-0.3, -0.25) is 14.3 Å². The minimum atomic E-state index is -0.402. The number of rotatable bonds is 8. The first-order valence-corrected chi connectivity index (χ1v) is 10.7. The predicted molar refractivity (Wildman–Crippen MR) is 125 cm³/mol. The summed E-state index contributed by atoms with van der Waals surface area (Å²) in [5.41, 5.74) is 2.07. The fourth-order valence-corrected chi connectivity index (χ4v) is 3.37. The maximum Gasteiger partial charge on any atom is 0.291 e. The summed E-state index contributed by atoms with van der Waals surface area (Å²) in [6.07, 6.45) is 3.26. The first-order valence-electron chi connectivity index (χ1n) is 9.97. The van der Waals surface area contributed by atoms with Crippen molar-refractivity contribution in [3.8, 4) is 5.75 Å². The zero-order valence-electron chi connectivity index (χ0n) is 17.5. The number of aromatic nitrogens is 2. The lowest BCUT2D eigenvalue weighted by Crippen LogP contribution is -2.10. The van der Waals surface area contributed by atoms with Gasteiger partial charge in [-0.2, -0.15) is 5.10 Å². The van der Waals surface area contributed by atoms with Crippen LogP contribution in [0.5, 0.6) is 5.75 Å². The second-order valence-electron chi connectivity index (χ2n) is 7.26. The fourth-order valence-electron chi connectivity index (χ4n) is 3.05. The number of carbonyl (C=O) groups excluding carboxylic acids is 2. The lowest BCUT2D eigenvalue weighted by molar-refractivity contribution is 0.0990. The molecular formula is C24H19Cl2N3O4. The topological polar surface area (TPSA) is 86.4 Å². The van der Waals surface area contributed by atoms with Crippen molar-refractivity contribution in [2.45, 2.75) is 20.1 Å². The minimum absolute atomic E-state index is 0.0110. The average molecular weight is 484 g/mol. The Morgan fingerprint density at radius 1 is 1.06 bits per heavy atom. The van der Waals surface area contributed by atoms with Crippen LogP contribution in [0.2, 0.25) is 10.0 Å². The van der Waals surface area contributed by atoms with Crippen molar-refractivity contribution < 1.29 is 18.7 Å². The standard InChI is InChI=1S/C24H19Cl2N3O4/c1-15(30)17-3-5-19(6-4-17)32-14-20-7-9-23(33-20)24(31)28-18-11-27-29(13-18)12-16-2-8-21(25)22(26)10-16/h2-11,13H,12,14H2,1H3,(H,28,31).